The highest BCUT2D eigenvalue weighted by Gasteiger charge is 2.24. The van der Waals surface area contributed by atoms with E-state index < -0.39 is 0 Å². The normalized spacial score (nSPS) is 26.1. The summed E-state index contributed by atoms with van der Waals surface area (Å²) < 4.78 is 0. The number of nitrogens with zero attached hydrogens (tertiary/aromatic N) is 1. The summed E-state index contributed by atoms with van der Waals surface area (Å²) in [6.07, 6.45) is 5.40. The highest BCUT2D eigenvalue weighted by molar-refractivity contribution is 5.77. The van der Waals surface area contributed by atoms with Gasteiger partial charge in [-0.3, -0.25) is 9.78 Å². The van der Waals surface area contributed by atoms with Crippen molar-refractivity contribution in [3.63, 3.8) is 0 Å². The topological polar surface area (TPSA) is 68.0 Å². The summed E-state index contributed by atoms with van der Waals surface area (Å²) in [7, 11) is 0. The van der Waals surface area contributed by atoms with Crippen molar-refractivity contribution in [1.29, 1.82) is 0 Å². The van der Waals surface area contributed by atoms with Gasteiger partial charge in [-0.2, -0.15) is 0 Å². The van der Waals surface area contributed by atoms with Crippen LogP contribution in [0.1, 0.15) is 24.4 Å². The Morgan fingerprint density at radius 1 is 1.40 bits per heavy atom. The quantitative estimate of drug-likeness (QED) is 0.743. The minimum atomic E-state index is -0.198. The van der Waals surface area contributed by atoms with E-state index in [2.05, 4.69) is 10.3 Å². The molecule has 0 radical (unpaired) electrons. The SMILES string of the molecule is NC(=O)C1CCC(c2ccncc2)NC1. The Kier molecular flexibility index (Phi) is 2.97. The molecule has 0 aromatic carbocycles. The summed E-state index contributed by atoms with van der Waals surface area (Å²) in [6.45, 7) is 0.683. The van der Waals surface area contributed by atoms with Gasteiger partial charge >= 0.3 is 0 Å². The Balaban J connectivity index is 1.97. The van der Waals surface area contributed by atoms with Crippen molar-refractivity contribution in [3.05, 3.63) is 30.1 Å². The first-order valence-corrected chi connectivity index (χ1v) is 5.20. The maximum atomic E-state index is 11.0. The third-order valence-corrected chi connectivity index (χ3v) is 2.93. The summed E-state index contributed by atoms with van der Waals surface area (Å²) in [6, 6.07) is 4.34. The van der Waals surface area contributed by atoms with E-state index in [0.717, 1.165) is 12.8 Å². The van der Waals surface area contributed by atoms with Gasteiger partial charge in [0.25, 0.3) is 0 Å². The van der Waals surface area contributed by atoms with E-state index in [4.69, 9.17) is 5.73 Å². The van der Waals surface area contributed by atoms with Gasteiger partial charge in [0.2, 0.25) is 5.91 Å². The van der Waals surface area contributed by atoms with Crippen LogP contribution in [0.15, 0.2) is 24.5 Å². The molecule has 2 rings (SSSR count). The van der Waals surface area contributed by atoms with Crippen molar-refractivity contribution in [2.75, 3.05) is 6.54 Å². The van der Waals surface area contributed by atoms with Crippen molar-refractivity contribution < 1.29 is 4.79 Å². The molecule has 0 bridgehead atoms. The number of nitrogens with two attached hydrogens (primary N) is 1. The minimum Gasteiger partial charge on any atom is -0.369 e. The largest absolute Gasteiger partial charge is 0.369 e. The maximum absolute atomic E-state index is 11.0. The number of nitrogens with one attached hydrogen (secondary N) is 1. The second-order valence-electron chi connectivity index (χ2n) is 3.92. The molecule has 4 nitrogen and oxygen atoms in total. The molecule has 3 N–H and O–H groups in total. The number of piperidine rings is 1. The van der Waals surface area contributed by atoms with Crippen LogP contribution in [0.25, 0.3) is 0 Å². The van der Waals surface area contributed by atoms with E-state index in [1.54, 1.807) is 12.4 Å². The van der Waals surface area contributed by atoms with Gasteiger partial charge < -0.3 is 11.1 Å². The van der Waals surface area contributed by atoms with Crippen molar-refractivity contribution in [3.8, 4) is 0 Å². The zero-order valence-corrected chi connectivity index (χ0v) is 8.52. The number of hydrogen-bond donors (Lipinski definition) is 2. The van der Waals surface area contributed by atoms with E-state index >= 15 is 0 Å². The predicted octanol–water partition coefficient (Wildman–Crippen LogP) is 0.608. The van der Waals surface area contributed by atoms with E-state index in [-0.39, 0.29) is 11.8 Å². The zero-order valence-electron chi connectivity index (χ0n) is 8.52. The Morgan fingerprint density at radius 3 is 2.67 bits per heavy atom. The van der Waals surface area contributed by atoms with Gasteiger partial charge in [-0.25, -0.2) is 0 Å². The van der Waals surface area contributed by atoms with Crippen molar-refractivity contribution in [2.45, 2.75) is 18.9 Å². The van der Waals surface area contributed by atoms with Crippen LogP contribution in [0.4, 0.5) is 0 Å². The number of rotatable bonds is 2. The molecule has 0 saturated carbocycles. The van der Waals surface area contributed by atoms with E-state index in [1.807, 2.05) is 12.1 Å². The van der Waals surface area contributed by atoms with Gasteiger partial charge in [0.15, 0.2) is 0 Å². The van der Waals surface area contributed by atoms with Crippen LogP contribution in [0.5, 0.6) is 0 Å². The number of aromatic nitrogens is 1. The first kappa shape index (κ1) is 10.1. The van der Waals surface area contributed by atoms with Crippen LogP contribution in [0, 0.1) is 5.92 Å². The Morgan fingerprint density at radius 2 is 2.13 bits per heavy atom. The van der Waals surface area contributed by atoms with Gasteiger partial charge in [-0.1, -0.05) is 0 Å². The first-order chi connectivity index (χ1) is 7.27. The smallest absolute Gasteiger partial charge is 0.221 e. The molecular weight excluding hydrogens is 190 g/mol. The monoisotopic (exact) mass is 205 g/mol. The third-order valence-electron chi connectivity index (χ3n) is 2.93. The van der Waals surface area contributed by atoms with E-state index in [9.17, 15) is 4.79 Å². The average Bonchev–Trinajstić information content (AvgIpc) is 2.30. The van der Waals surface area contributed by atoms with Crippen molar-refractivity contribution in [2.24, 2.45) is 11.7 Å². The lowest BCUT2D eigenvalue weighted by Gasteiger charge is -2.28. The number of carbonyl (C=O) groups is 1. The highest BCUT2D eigenvalue weighted by atomic mass is 16.1. The van der Waals surface area contributed by atoms with Gasteiger partial charge in [-0.15, -0.1) is 0 Å². The molecule has 1 fully saturated rings. The molecule has 0 spiro atoms. The molecule has 2 atom stereocenters. The standard InChI is InChI=1S/C11H15N3O/c12-11(15)9-1-2-10(14-7-9)8-3-5-13-6-4-8/h3-6,9-10,14H,1-2,7H2,(H2,12,15). The molecule has 4 heteroatoms. The molecule has 1 amide bonds. The summed E-state index contributed by atoms with van der Waals surface area (Å²) in [5, 5.41) is 3.34. The Hall–Kier alpha value is -1.42. The van der Waals surface area contributed by atoms with Crippen LogP contribution in [0.3, 0.4) is 0 Å². The van der Waals surface area contributed by atoms with Crippen molar-refractivity contribution in [1.82, 2.24) is 10.3 Å². The lowest BCUT2D eigenvalue weighted by Crippen LogP contribution is -2.39. The maximum Gasteiger partial charge on any atom is 0.221 e. The number of amides is 1. The van der Waals surface area contributed by atoms with Crippen LogP contribution in [0.2, 0.25) is 0 Å². The van der Waals surface area contributed by atoms with Crippen molar-refractivity contribution >= 4 is 5.91 Å². The molecule has 1 aromatic rings. The molecule has 15 heavy (non-hydrogen) atoms. The summed E-state index contributed by atoms with van der Waals surface area (Å²) in [5.74, 6) is -0.209. The number of pyridine rings is 1. The Labute approximate surface area is 88.9 Å². The zero-order chi connectivity index (χ0) is 10.7. The van der Waals surface area contributed by atoms with E-state index in [1.165, 1.54) is 5.56 Å². The van der Waals surface area contributed by atoms with Gasteiger partial charge in [0.1, 0.15) is 0 Å². The summed E-state index contributed by atoms with van der Waals surface area (Å²) in [4.78, 5) is 15.0. The third kappa shape index (κ3) is 2.33. The fourth-order valence-electron chi connectivity index (χ4n) is 1.98. The molecule has 1 saturated heterocycles. The van der Waals surface area contributed by atoms with Gasteiger partial charge in [0.05, 0.1) is 5.92 Å². The second kappa shape index (κ2) is 4.40. The molecule has 1 aliphatic rings. The Bertz CT molecular complexity index is 331. The number of primary amides is 1. The second-order valence-corrected chi connectivity index (χ2v) is 3.92. The predicted molar refractivity (Wildman–Crippen MR) is 56.9 cm³/mol. The average molecular weight is 205 g/mol. The van der Waals surface area contributed by atoms with Crippen LogP contribution in [-0.4, -0.2) is 17.4 Å². The van der Waals surface area contributed by atoms with Crippen LogP contribution >= 0.6 is 0 Å². The molecule has 2 unspecified atom stereocenters. The molecule has 1 aliphatic heterocycles. The minimum absolute atomic E-state index is 0.0110. The summed E-state index contributed by atoms with van der Waals surface area (Å²) in [5.41, 5.74) is 6.49. The fourth-order valence-corrected chi connectivity index (χ4v) is 1.98. The van der Waals surface area contributed by atoms with E-state index in [0.29, 0.717) is 12.6 Å². The van der Waals surface area contributed by atoms with Gasteiger partial charge in [-0.05, 0) is 30.5 Å². The molecule has 80 valence electrons. The molecule has 1 aromatic heterocycles. The fraction of sp³-hybridized carbons (Fsp3) is 0.455. The highest BCUT2D eigenvalue weighted by Crippen LogP contribution is 2.24. The number of hydrogen-bond acceptors (Lipinski definition) is 3. The van der Waals surface area contributed by atoms with Crippen LogP contribution in [-0.2, 0) is 4.79 Å². The number of carbonyl (C=O) groups excluding carboxylic acids is 1. The molecular formula is C11H15N3O. The molecule has 0 aliphatic carbocycles. The molecule has 2 heterocycles. The lowest BCUT2D eigenvalue weighted by molar-refractivity contribution is -0.122. The lowest BCUT2D eigenvalue weighted by atomic mass is 9.91. The van der Waals surface area contributed by atoms with Crippen LogP contribution < -0.4 is 11.1 Å². The van der Waals surface area contributed by atoms with Gasteiger partial charge in [0, 0.05) is 25.0 Å². The first-order valence-electron chi connectivity index (χ1n) is 5.20. The summed E-state index contributed by atoms with van der Waals surface area (Å²) >= 11 is 0.